The number of aromatic nitrogens is 1. The van der Waals surface area contributed by atoms with Crippen LogP contribution in [-0.2, 0) is 6.42 Å². The summed E-state index contributed by atoms with van der Waals surface area (Å²) in [7, 11) is 0. The van der Waals surface area contributed by atoms with E-state index < -0.39 is 0 Å². The molecule has 0 aliphatic heterocycles. The van der Waals surface area contributed by atoms with Crippen LogP contribution in [0.1, 0.15) is 24.0 Å². The van der Waals surface area contributed by atoms with Gasteiger partial charge >= 0.3 is 0 Å². The first-order chi connectivity index (χ1) is 6.31. The van der Waals surface area contributed by atoms with Gasteiger partial charge in [0.1, 0.15) is 5.15 Å². The van der Waals surface area contributed by atoms with Gasteiger partial charge in [-0.3, -0.25) is 0 Å². The van der Waals surface area contributed by atoms with E-state index in [2.05, 4.69) is 10.1 Å². The van der Waals surface area contributed by atoms with Crippen LogP contribution in [0.5, 0.6) is 0 Å². The molecule has 1 aromatic rings. The predicted octanol–water partition coefficient (Wildman–Crippen LogP) is 2.25. The van der Waals surface area contributed by atoms with E-state index in [0.29, 0.717) is 10.9 Å². The molecule has 2 rings (SSSR count). The summed E-state index contributed by atoms with van der Waals surface area (Å²) in [5, 5.41) is 12.5. The molecule has 0 atom stereocenters. The third kappa shape index (κ3) is 1.52. The van der Waals surface area contributed by atoms with Crippen molar-refractivity contribution in [3.63, 3.8) is 0 Å². The minimum atomic E-state index is 0.446. The molecular weight excluding hydrogens is 188 g/mol. The zero-order valence-corrected chi connectivity index (χ0v) is 7.75. The third-order valence-electron chi connectivity index (χ3n) is 2.24. The SMILES string of the molecule is O/N=C1/CCCc2cnc(Cl)cc21. The summed E-state index contributed by atoms with van der Waals surface area (Å²) in [4.78, 5) is 3.99. The Hall–Kier alpha value is -1.09. The largest absolute Gasteiger partial charge is 0.411 e. The number of rotatable bonds is 0. The van der Waals surface area contributed by atoms with E-state index in [4.69, 9.17) is 16.8 Å². The first-order valence-electron chi connectivity index (χ1n) is 4.17. The van der Waals surface area contributed by atoms with Gasteiger partial charge < -0.3 is 5.21 Å². The lowest BCUT2D eigenvalue weighted by Gasteiger charge is -2.15. The van der Waals surface area contributed by atoms with Gasteiger partial charge in [-0.05, 0) is 30.9 Å². The predicted molar refractivity (Wildman–Crippen MR) is 50.5 cm³/mol. The van der Waals surface area contributed by atoms with E-state index in [1.54, 1.807) is 12.3 Å². The highest BCUT2D eigenvalue weighted by Crippen LogP contribution is 2.22. The topological polar surface area (TPSA) is 45.5 Å². The van der Waals surface area contributed by atoms with Gasteiger partial charge in [-0.15, -0.1) is 0 Å². The van der Waals surface area contributed by atoms with Crippen molar-refractivity contribution in [1.82, 2.24) is 4.98 Å². The lowest BCUT2D eigenvalue weighted by atomic mass is 9.92. The first kappa shape index (κ1) is 8.51. The fourth-order valence-electron chi connectivity index (χ4n) is 1.61. The number of fused-ring (bicyclic) bond motifs is 1. The maximum Gasteiger partial charge on any atom is 0.129 e. The van der Waals surface area contributed by atoms with Crippen LogP contribution in [0.3, 0.4) is 0 Å². The molecule has 0 saturated heterocycles. The molecule has 0 radical (unpaired) electrons. The molecule has 13 heavy (non-hydrogen) atoms. The Kier molecular flexibility index (Phi) is 2.19. The van der Waals surface area contributed by atoms with Crippen LogP contribution >= 0.6 is 11.6 Å². The molecule has 0 aromatic carbocycles. The summed E-state index contributed by atoms with van der Waals surface area (Å²) >= 11 is 5.75. The van der Waals surface area contributed by atoms with Crippen LogP contribution in [-0.4, -0.2) is 15.9 Å². The van der Waals surface area contributed by atoms with Crippen molar-refractivity contribution in [1.29, 1.82) is 0 Å². The molecule has 0 saturated carbocycles. The third-order valence-corrected chi connectivity index (χ3v) is 2.45. The quantitative estimate of drug-likeness (QED) is 0.393. The molecule has 1 heterocycles. The molecule has 3 nitrogen and oxygen atoms in total. The molecule has 68 valence electrons. The molecule has 1 aliphatic rings. The zero-order valence-electron chi connectivity index (χ0n) is 7.00. The molecule has 0 amide bonds. The summed E-state index contributed by atoms with van der Waals surface area (Å²) in [6.07, 6.45) is 4.56. The second-order valence-electron chi connectivity index (χ2n) is 3.06. The van der Waals surface area contributed by atoms with Crippen LogP contribution in [0.4, 0.5) is 0 Å². The number of pyridine rings is 1. The standard InChI is InChI=1S/C9H9ClN2O/c10-9-4-7-6(5-11-9)2-1-3-8(7)12-13/h4-5,13H,1-3H2/b12-8-. The van der Waals surface area contributed by atoms with Gasteiger partial charge in [0.05, 0.1) is 5.71 Å². The Morgan fingerprint density at radius 3 is 3.08 bits per heavy atom. The summed E-state index contributed by atoms with van der Waals surface area (Å²) in [6.45, 7) is 0. The molecule has 0 bridgehead atoms. The van der Waals surface area contributed by atoms with Crippen LogP contribution in [0.2, 0.25) is 5.15 Å². The summed E-state index contributed by atoms with van der Waals surface area (Å²) in [6, 6.07) is 1.76. The van der Waals surface area contributed by atoms with E-state index in [0.717, 1.165) is 30.4 Å². The molecule has 1 aromatic heterocycles. The van der Waals surface area contributed by atoms with E-state index >= 15 is 0 Å². The van der Waals surface area contributed by atoms with E-state index in [1.807, 2.05) is 0 Å². The van der Waals surface area contributed by atoms with Gasteiger partial charge in [-0.25, -0.2) is 4.98 Å². The van der Waals surface area contributed by atoms with Crippen molar-refractivity contribution in [2.24, 2.45) is 5.16 Å². The van der Waals surface area contributed by atoms with Crippen molar-refractivity contribution in [2.75, 3.05) is 0 Å². The first-order valence-corrected chi connectivity index (χ1v) is 4.55. The van der Waals surface area contributed by atoms with Gasteiger partial charge in [0.25, 0.3) is 0 Å². The number of nitrogens with zero attached hydrogens (tertiary/aromatic N) is 2. The number of oxime groups is 1. The fraction of sp³-hybridized carbons (Fsp3) is 0.333. The van der Waals surface area contributed by atoms with Crippen LogP contribution in [0.25, 0.3) is 0 Å². The number of aryl methyl sites for hydroxylation is 1. The van der Waals surface area contributed by atoms with Gasteiger partial charge in [0.15, 0.2) is 0 Å². The van der Waals surface area contributed by atoms with E-state index in [9.17, 15) is 0 Å². The highest BCUT2D eigenvalue weighted by Gasteiger charge is 2.16. The molecule has 0 unspecified atom stereocenters. The number of hydrogen-bond acceptors (Lipinski definition) is 3. The van der Waals surface area contributed by atoms with Crippen LogP contribution in [0, 0.1) is 0 Å². The zero-order chi connectivity index (χ0) is 9.26. The summed E-state index contributed by atoms with van der Waals surface area (Å²) in [5.74, 6) is 0. The molecular formula is C9H9ClN2O. The van der Waals surface area contributed by atoms with Gasteiger partial charge in [-0.2, -0.15) is 0 Å². The average Bonchev–Trinajstić information content (AvgIpc) is 2.17. The molecule has 4 heteroatoms. The normalized spacial score (nSPS) is 18.7. The summed E-state index contributed by atoms with van der Waals surface area (Å²) in [5.41, 5.74) is 2.77. The second-order valence-corrected chi connectivity index (χ2v) is 3.45. The molecule has 1 N–H and O–H groups in total. The lowest BCUT2D eigenvalue weighted by Crippen LogP contribution is -2.12. The highest BCUT2D eigenvalue weighted by molar-refractivity contribution is 6.29. The van der Waals surface area contributed by atoms with Gasteiger partial charge in [0.2, 0.25) is 0 Å². The Labute approximate surface area is 81.1 Å². The van der Waals surface area contributed by atoms with Gasteiger partial charge in [-0.1, -0.05) is 16.8 Å². The lowest BCUT2D eigenvalue weighted by molar-refractivity contribution is 0.317. The minimum Gasteiger partial charge on any atom is -0.411 e. The van der Waals surface area contributed by atoms with Crippen molar-refractivity contribution in [3.05, 3.63) is 28.5 Å². The van der Waals surface area contributed by atoms with Crippen molar-refractivity contribution in [3.8, 4) is 0 Å². The van der Waals surface area contributed by atoms with Gasteiger partial charge in [0, 0.05) is 11.8 Å². The maximum atomic E-state index is 8.75. The van der Waals surface area contributed by atoms with Crippen LogP contribution < -0.4 is 0 Å². The smallest absolute Gasteiger partial charge is 0.129 e. The monoisotopic (exact) mass is 196 g/mol. The fourth-order valence-corrected chi connectivity index (χ4v) is 1.77. The Balaban J connectivity index is 2.54. The van der Waals surface area contributed by atoms with Crippen molar-refractivity contribution >= 4 is 17.3 Å². The maximum absolute atomic E-state index is 8.75. The van der Waals surface area contributed by atoms with Crippen LogP contribution in [0.15, 0.2) is 17.4 Å². The number of halogens is 1. The summed E-state index contributed by atoms with van der Waals surface area (Å²) < 4.78 is 0. The Morgan fingerprint density at radius 2 is 2.31 bits per heavy atom. The minimum absolute atomic E-state index is 0.446. The number of hydrogen-bond donors (Lipinski definition) is 1. The molecule has 0 spiro atoms. The highest BCUT2D eigenvalue weighted by atomic mass is 35.5. The average molecular weight is 197 g/mol. The molecule has 1 aliphatic carbocycles. The van der Waals surface area contributed by atoms with Crippen molar-refractivity contribution < 1.29 is 5.21 Å². The second kappa shape index (κ2) is 3.34. The van der Waals surface area contributed by atoms with E-state index in [-0.39, 0.29) is 0 Å². The van der Waals surface area contributed by atoms with Crippen molar-refractivity contribution in [2.45, 2.75) is 19.3 Å². The Bertz CT molecular complexity index is 363. The molecule has 0 fully saturated rings. The Morgan fingerprint density at radius 1 is 1.46 bits per heavy atom. The van der Waals surface area contributed by atoms with E-state index in [1.165, 1.54) is 0 Å².